The van der Waals surface area contributed by atoms with Gasteiger partial charge < -0.3 is 9.72 Å². The zero-order valence-corrected chi connectivity index (χ0v) is 18.7. The monoisotopic (exact) mass is 448 g/mol. The van der Waals surface area contributed by atoms with E-state index >= 15 is 0 Å². The quantitative estimate of drug-likeness (QED) is 0.580. The number of imidazole rings is 1. The van der Waals surface area contributed by atoms with Crippen LogP contribution in [0.2, 0.25) is 5.02 Å². The predicted octanol–water partition coefficient (Wildman–Crippen LogP) is 3.27. The summed E-state index contributed by atoms with van der Waals surface area (Å²) in [5.74, 6) is -0.268. The molecule has 0 spiro atoms. The predicted molar refractivity (Wildman–Crippen MR) is 117 cm³/mol. The van der Waals surface area contributed by atoms with Gasteiger partial charge in [0.25, 0.3) is 0 Å². The molecule has 2 heterocycles. The Kier molecular flexibility index (Phi) is 6.50. The lowest BCUT2D eigenvalue weighted by molar-refractivity contribution is -0.121. The zero-order chi connectivity index (χ0) is 21.9. The highest BCUT2D eigenvalue weighted by atomic mass is 35.5. The summed E-state index contributed by atoms with van der Waals surface area (Å²) in [4.78, 5) is 16.6. The number of benzene rings is 1. The first-order chi connectivity index (χ1) is 14.0. The maximum Gasteiger partial charge on any atom is 0.240 e. The maximum absolute atomic E-state index is 12.4. The van der Waals surface area contributed by atoms with Gasteiger partial charge in [0.2, 0.25) is 15.9 Å². The first-order valence-corrected chi connectivity index (χ1v) is 11.4. The lowest BCUT2D eigenvalue weighted by atomic mass is 9.87. The molecule has 1 aromatic carbocycles. The van der Waals surface area contributed by atoms with E-state index in [-0.39, 0.29) is 35.7 Å². The van der Waals surface area contributed by atoms with Gasteiger partial charge in [-0.2, -0.15) is 0 Å². The lowest BCUT2D eigenvalue weighted by Crippen LogP contribution is -2.30. The SMILES string of the molecule is CC(C)(C)c1ccc(S(=O)(=O)NCCC(=O)NCc2cn3cc(Cl)ccc3n2)cc1. The minimum absolute atomic E-state index is 0.00988. The van der Waals surface area contributed by atoms with Crippen molar-refractivity contribution < 1.29 is 13.2 Å². The van der Waals surface area contributed by atoms with E-state index in [1.54, 1.807) is 41.1 Å². The Balaban J connectivity index is 1.49. The number of amides is 1. The minimum Gasteiger partial charge on any atom is -0.350 e. The number of pyridine rings is 1. The van der Waals surface area contributed by atoms with Gasteiger partial charge in [-0.15, -0.1) is 0 Å². The Hall–Kier alpha value is -2.42. The van der Waals surface area contributed by atoms with Gasteiger partial charge in [0, 0.05) is 25.4 Å². The van der Waals surface area contributed by atoms with Crippen molar-refractivity contribution in [3.05, 3.63) is 65.1 Å². The summed E-state index contributed by atoms with van der Waals surface area (Å²) < 4.78 is 29.1. The number of sulfonamides is 1. The van der Waals surface area contributed by atoms with Crippen LogP contribution < -0.4 is 10.0 Å². The van der Waals surface area contributed by atoms with Gasteiger partial charge >= 0.3 is 0 Å². The first kappa shape index (κ1) is 22.3. The van der Waals surface area contributed by atoms with Crippen LogP contribution in [0.5, 0.6) is 0 Å². The Morgan fingerprint density at radius 1 is 1.10 bits per heavy atom. The molecule has 2 aromatic heterocycles. The summed E-state index contributed by atoms with van der Waals surface area (Å²) in [5.41, 5.74) is 2.41. The van der Waals surface area contributed by atoms with E-state index in [4.69, 9.17) is 11.6 Å². The summed E-state index contributed by atoms with van der Waals surface area (Å²) in [7, 11) is -3.66. The molecule has 0 radical (unpaired) electrons. The summed E-state index contributed by atoms with van der Waals surface area (Å²) >= 11 is 5.95. The summed E-state index contributed by atoms with van der Waals surface area (Å²) in [5, 5.41) is 3.34. The van der Waals surface area contributed by atoms with Crippen molar-refractivity contribution in [2.24, 2.45) is 0 Å². The smallest absolute Gasteiger partial charge is 0.240 e. The second-order valence-corrected chi connectivity index (χ2v) is 10.2. The number of nitrogens with one attached hydrogen (secondary N) is 2. The largest absolute Gasteiger partial charge is 0.350 e. The van der Waals surface area contributed by atoms with Gasteiger partial charge in [-0.1, -0.05) is 44.5 Å². The molecule has 0 atom stereocenters. The molecule has 0 saturated carbocycles. The molecule has 0 saturated heterocycles. The molecule has 0 unspecified atom stereocenters. The second kappa shape index (κ2) is 8.75. The molecule has 2 N–H and O–H groups in total. The summed E-state index contributed by atoms with van der Waals surface area (Å²) in [6.45, 7) is 6.45. The number of rotatable bonds is 7. The highest BCUT2D eigenvalue weighted by molar-refractivity contribution is 7.89. The fourth-order valence-electron chi connectivity index (χ4n) is 2.90. The van der Waals surface area contributed by atoms with Crippen molar-refractivity contribution in [2.75, 3.05) is 6.54 Å². The average Bonchev–Trinajstić information content (AvgIpc) is 3.07. The highest BCUT2D eigenvalue weighted by Gasteiger charge is 2.17. The van der Waals surface area contributed by atoms with Crippen LogP contribution in [0.4, 0.5) is 0 Å². The van der Waals surface area contributed by atoms with Crippen LogP contribution in [0, 0.1) is 0 Å². The standard InChI is InChI=1S/C21H25ClN4O3S/c1-21(2,3)15-4-7-18(8-5-15)30(28,29)24-11-10-20(27)23-12-17-14-26-13-16(22)6-9-19(26)25-17/h4-9,13-14,24H,10-12H2,1-3H3,(H,23,27). The van der Waals surface area contributed by atoms with Crippen LogP contribution in [0.25, 0.3) is 5.65 Å². The molecule has 3 aromatic rings. The Morgan fingerprint density at radius 3 is 2.47 bits per heavy atom. The first-order valence-electron chi connectivity index (χ1n) is 9.55. The number of fused-ring (bicyclic) bond motifs is 1. The van der Waals surface area contributed by atoms with E-state index in [9.17, 15) is 13.2 Å². The molecule has 0 aliphatic carbocycles. The third-order valence-corrected chi connectivity index (χ3v) is 6.31. The van der Waals surface area contributed by atoms with Gasteiger partial charge in [0.05, 0.1) is 22.2 Å². The van der Waals surface area contributed by atoms with E-state index in [2.05, 4.69) is 35.8 Å². The molecule has 3 rings (SSSR count). The van der Waals surface area contributed by atoms with Crippen molar-refractivity contribution in [1.29, 1.82) is 0 Å². The minimum atomic E-state index is -3.66. The molecular formula is C21H25ClN4O3S. The van der Waals surface area contributed by atoms with Crippen LogP contribution in [0.15, 0.2) is 53.7 Å². The lowest BCUT2D eigenvalue weighted by Gasteiger charge is -2.19. The van der Waals surface area contributed by atoms with Crippen LogP contribution in [-0.4, -0.2) is 30.3 Å². The Bertz CT molecular complexity index is 1150. The maximum atomic E-state index is 12.4. The van der Waals surface area contributed by atoms with Gasteiger partial charge in [-0.3, -0.25) is 4.79 Å². The van der Waals surface area contributed by atoms with Crippen LogP contribution in [0.1, 0.15) is 38.4 Å². The normalized spacial score (nSPS) is 12.3. The van der Waals surface area contributed by atoms with Crippen molar-refractivity contribution in [3.63, 3.8) is 0 Å². The molecular weight excluding hydrogens is 424 g/mol. The number of carbonyl (C=O) groups excluding carboxylic acids is 1. The van der Waals surface area contributed by atoms with Crippen LogP contribution in [-0.2, 0) is 26.8 Å². The van der Waals surface area contributed by atoms with Gasteiger partial charge in [0.1, 0.15) is 5.65 Å². The van der Waals surface area contributed by atoms with Crippen LogP contribution in [0.3, 0.4) is 0 Å². The Morgan fingerprint density at radius 2 is 1.80 bits per heavy atom. The van der Waals surface area contributed by atoms with Crippen molar-refractivity contribution in [1.82, 2.24) is 19.4 Å². The number of hydrogen-bond donors (Lipinski definition) is 2. The van der Waals surface area contributed by atoms with E-state index in [0.717, 1.165) is 11.2 Å². The average molecular weight is 449 g/mol. The van der Waals surface area contributed by atoms with E-state index in [0.29, 0.717) is 10.7 Å². The molecule has 0 aliphatic heterocycles. The Labute approximate surface area is 181 Å². The summed E-state index contributed by atoms with van der Waals surface area (Å²) in [6.07, 6.45) is 3.54. The second-order valence-electron chi connectivity index (χ2n) is 8.04. The zero-order valence-electron chi connectivity index (χ0n) is 17.1. The summed E-state index contributed by atoms with van der Waals surface area (Å²) in [6, 6.07) is 10.3. The number of aromatic nitrogens is 2. The van der Waals surface area contributed by atoms with E-state index < -0.39 is 10.0 Å². The fraction of sp³-hybridized carbons (Fsp3) is 0.333. The van der Waals surface area contributed by atoms with E-state index in [1.165, 1.54) is 0 Å². The molecule has 0 fully saturated rings. The third kappa shape index (κ3) is 5.59. The van der Waals surface area contributed by atoms with Crippen molar-refractivity contribution in [3.8, 4) is 0 Å². The molecule has 9 heteroatoms. The van der Waals surface area contributed by atoms with Gasteiger partial charge in [-0.25, -0.2) is 18.1 Å². The van der Waals surface area contributed by atoms with Crippen molar-refractivity contribution in [2.45, 2.75) is 44.0 Å². The number of nitrogens with zero attached hydrogens (tertiary/aromatic N) is 2. The highest BCUT2D eigenvalue weighted by Crippen LogP contribution is 2.23. The molecule has 0 aliphatic rings. The van der Waals surface area contributed by atoms with Gasteiger partial charge in [0.15, 0.2) is 0 Å². The number of carbonyl (C=O) groups is 1. The molecule has 1 amide bonds. The van der Waals surface area contributed by atoms with Crippen molar-refractivity contribution >= 4 is 33.2 Å². The van der Waals surface area contributed by atoms with Gasteiger partial charge in [-0.05, 0) is 35.2 Å². The van der Waals surface area contributed by atoms with E-state index in [1.807, 2.05) is 12.1 Å². The third-order valence-electron chi connectivity index (χ3n) is 4.61. The number of hydrogen-bond acceptors (Lipinski definition) is 4. The molecule has 160 valence electrons. The van der Waals surface area contributed by atoms with Crippen LogP contribution >= 0.6 is 11.6 Å². The number of halogens is 1. The topological polar surface area (TPSA) is 92.6 Å². The molecule has 7 nitrogen and oxygen atoms in total. The molecule has 0 bridgehead atoms. The molecule has 30 heavy (non-hydrogen) atoms. The fourth-order valence-corrected chi connectivity index (χ4v) is 4.10.